The highest BCUT2D eigenvalue weighted by atomic mass is 16.1. The predicted octanol–water partition coefficient (Wildman–Crippen LogP) is 3.37. The van der Waals surface area contributed by atoms with Crippen molar-refractivity contribution in [3.8, 4) is 0 Å². The number of hydrogen-bond acceptors (Lipinski definition) is 3. The minimum Gasteiger partial charge on any atom is -0.381 e. The summed E-state index contributed by atoms with van der Waals surface area (Å²) in [6.07, 6.45) is 6.78. The molecular formula is C18H21N3O. The van der Waals surface area contributed by atoms with Gasteiger partial charge in [0.2, 0.25) is 0 Å². The molecule has 1 aliphatic carbocycles. The molecule has 3 rings (SSSR count). The average Bonchev–Trinajstić information content (AvgIpc) is 3.07. The zero-order chi connectivity index (χ0) is 15.2. The van der Waals surface area contributed by atoms with Crippen LogP contribution in [0.5, 0.6) is 0 Å². The van der Waals surface area contributed by atoms with Gasteiger partial charge in [-0.2, -0.15) is 0 Å². The number of nitrogens with zero attached hydrogens (tertiary/aromatic N) is 1. The number of pyridine rings is 1. The first-order valence-electron chi connectivity index (χ1n) is 7.86. The number of benzene rings is 1. The van der Waals surface area contributed by atoms with Crippen LogP contribution in [-0.4, -0.2) is 16.9 Å². The van der Waals surface area contributed by atoms with Gasteiger partial charge in [-0.15, -0.1) is 0 Å². The van der Waals surface area contributed by atoms with Crippen LogP contribution in [0.4, 0.5) is 5.69 Å². The van der Waals surface area contributed by atoms with Crippen LogP contribution in [0, 0.1) is 0 Å². The van der Waals surface area contributed by atoms with Gasteiger partial charge in [-0.1, -0.05) is 43.2 Å². The van der Waals surface area contributed by atoms with E-state index in [4.69, 9.17) is 0 Å². The van der Waals surface area contributed by atoms with Crippen molar-refractivity contribution in [1.29, 1.82) is 0 Å². The molecule has 114 valence electrons. The van der Waals surface area contributed by atoms with Gasteiger partial charge in [0.05, 0.1) is 11.9 Å². The van der Waals surface area contributed by atoms with Crippen LogP contribution in [0.2, 0.25) is 0 Å². The van der Waals surface area contributed by atoms with Gasteiger partial charge in [0.1, 0.15) is 5.69 Å². The maximum atomic E-state index is 12.1. The molecular weight excluding hydrogens is 274 g/mol. The number of amides is 1. The monoisotopic (exact) mass is 295 g/mol. The molecule has 1 aliphatic rings. The molecule has 0 radical (unpaired) electrons. The van der Waals surface area contributed by atoms with E-state index < -0.39 is 0 Å². The molecule has 4 heteroatoms. The minimum absolute atomic E-state index is 0.142. The third-order valence-electron chi connectivity index (χ3n) is 4.02. The molecule has 0 saturated heterocycles. The summed E-state index contributed by atoms with van der Waals surface area (Å²) >= 11 is 0. The summed E-state index contributed by atoms with van der Waals surface area (Å²) in [7, 11) is 0. The lowest BCUT2D eigenvalue weighted by Crippen LogP contribution is -2.24. The zero-order valence-corrected chi connectivity index (χ0v) is 12.6. The quantitative estimate of drug-likeness (QED) is 0.889. The number of nitrogens with one attached hydrogen (secondary N) is 2. The van der Waals surface area contributed by atoms with Gasteiger partial charge >= 0.3 is 0 Å². The zero-order valence-electron chi connectivity index (χ0n) is 12.6. The number of rotatable bonds is 5. The van der Waals surface area contributed by atoms with E-state index in [1.54, 1.807) is 12.3 Å². The molecule has 2 N–H and O–H groups in total. The first-order valence-corrected chi connectivity index (χ1v) is 7.86. The van der Waals surface area contributed by atoms with E-state index in [9.17, 15) is 4.79 Å². The van der Waals surface area contributed by atoms with E-state index >= 15 is 0 Å². The van der Waals surface area contributed by atoms with Crippen molar-refractivity contribution >= 4 is 11.6 Å². The van der Waals surface area contributed by atoms with E-state index in [0.717, 1.165) is 11.3 Å². The normalized spacial score (nSPS) is 14.7. The fourth-order valence-electron chi connectivity index (χ4n) is 2.79. The van der Waals surface area contributed by atoms with Crippen LogP contribution in [-0.2, 0) is 6.54 Å². The van der Waals surface area contributed by atoms with E-state index in [1.807, 2.05) is 36.4 Å². The second-order valence-electron chi connectivity index (χ2n) is 5.73. The number of carbonyl (C=O) groups is 1. The van der Waals surface area contributed by atoms with Crippen LogP contribution in [0.3, 0.4) is 0 Å². The summed E-state index contributed by atoms with van der Waals surface area (Å²) in [5, 5.41) is 6.36. The standard InChI is InChI=1S/C18H21N3O/c22-18(20-12-14-6-2-1-3-7-14)17-11-10-16(13-19-17)21-15-8-4-5-9-15/h1-3,6-7,10-11,13,15,21H,4-5,8-9,12H2,(H,20,22). The Bertz CT molecular complexity index is 604. The molecule has 0 aliphatic heterocycles. The van der Waals surface area contributed by atoms with Gasteiger partial charge in [0.15, 0.2) is 0 Å². The molecule has 1 amide bonds. The Hall–Kier alpha value is -2.36. The van der Waals surface area contributed by atoms with Crippen molar-refractivity contribution in [3.63, 3.8) is 0 Å². The van der Waals surface area contributed by atoms with Crippen LogP contribution < -0.4 is 10.6 Å². The molecule has 1 aromatic heterocycles. The van der Waals surface area contributed by atoms with Gasteiger partial charge < -0.3 is 10.6 Å². The van der Waals surface area contributed by atoms with Crippen molar-refractivity contribution in [2.45, 2.75) is 38.3 Å². The largest absolute Gasteiger partial charge is 0.381 e. The third-order valence-corrected chi connectivity index (χ3v) is 4.02. The first-order chi connectivity index (χ1) is 10.8. The third kappa shape index (κ3) is 3.85. The van der Waals surface area contributed by atoms with Gasteiger partial charge in [-0.25, -0.2) is 4.98 Å². The number of anilines is 1. The Morgan fingerprint density at radius 2 is 1.86 bits per heavy atom. The summed E-state index contributed by atoms with van der Waals surface area (Å²) < 4.78 is 0. The average molecular weight is 295 g/mol. The van der Waals surface area contributed by atoms with Gasteiger partial charge in [0.25, 0.3) is 5.91 Å². The summed E-state index contributed by atoms with van der Waals surface area (Å²) in [5.41, 5.74) is 2.52. The van der Waals surface area contributed by atoms with Crippen LogP contribution in [0.1, 0.15) is 41.7 Å². The molecule has 0 atom stereocenters. The van der Waals surface area contributed by atoms with E-state index in [0.29, 0.717) is 18.3 Å². The van der Waals surface area contributed by atoms with Crippen molar-refractivity contribution in [2.24, 2.45) is 0 Å². The molecule has 0 spiro atoms. The van der Waals surface area contributed by atoms with Crippen molar-refractivity contribution in [1.82, 2.24) is 10.3 Å². The highest BCUT2D eigenvalue weighted by Gasteiger charge is 2.14. The summed E-state index contributed by atoms with van der Waals surface area (Å²) in [4.78, 5) is 16.3. The summed E-state index contributed by atoms with van der Waals surface area (Å²) in [6, 6.07) is 14.1. The lowest BCUT2D eigenvalue weighted by atomic mass is 10.2. The second-order valence-corrected chi connectivity index (χ2v) is 5.73. The van der Waals surface area contributed by atoms with Crippen molar-refractivity contribution in [3.05, 3.63) is 59.9 Å². The molecule has 1 aromatic carbocycles. The number of aromatic nitrogens is 1. The van der Waals surface area contributed by atoms with Crippen molar-refractivity contribution in [2.75, 3.05) is 5.32 Å². The molecule has 22 heavy (non-hydrogen) atoms. The van der Waals surface area contributed by atoms with Crippen LogP contribution in [0.25, 0.3) is 0 Å². The maximum absolute atomic E-state index is 12.1. The van der Waals surface area contributed by atoms with Crippen LogP contribution >= 0.6 is 0 Å². The highest BCUT2D eigenvalue weighted by Crippen LogP contribution is 2.21. The Labute approximate surface area is 131 Å². The summed E-state index contributed by atoms with van der Waals surface area (Å²) in [5.74, 6) is -0.142. The Balaban J connectivity index is 1.54. The lowest BCUT2D eigenvalue weighted by molar-refractivity contribution is 0.0946. The highest BCUT2D eigenvalue weighted by molar-refractivity contribution is 5.92. The molecule has 1 saturated carbocycles. The van der Waals surface area contributed by atoms with E-state index in [2.05, 4.69) is 15.6 Å². The Kier molecular flexibility index (Phi) is 4.68. The molecule has 1 heterocycles. The Morgan fingerprint density at radius 1 is 1.09 bits per heavy atom. The maximum Gasteiger partial charge on any atom is 0.270 e. The van der Waals surface area contributed by atoms with Gasteiger partial charge in [0, 0.05) is 12.6 Å². The van der Waals surface area contributed by atoms with Gasteiger partial charge in [-0.05, 0) is 30.5 Å². The minimum atomic E-state index is -0.142. The predicted molar refractivity (Wildman–Crippen MR) is 87.7 cm³/mol. The number of hydrogen-bond donors (Lipinski definition) is 2. The van der Waals surface area contributed by atoms with E-state index in [1.165, 1.54) is 25.7 Å². The number of carbonyl (C=O) groups excluding carboxylic acids is 1. The fourth-order valence-corrected chi connectivity index (χ4v) is 2.79. The van der Waals surface area contributed by atoms with Crippen molar-refractivity contribution < 1.29 is 4.79 Å². The second kappa shape index (κ2) is 7.07. The van der Waals surface area contributed by atoms with Gasteiger partial charge in [-0.3, -0.25) is 4.79 Å². The molecule has 4 nitrogen and oxygen atoms in total. The van der Waals surface area contributed by atoms with Crippen LogP contribution in [0.15, 0.2) is 48.7 Å². The topological polar surface area (TPSA) is 54.0 Å². The molecule has 1 fully saturated rings. The SMILES string of the molecule is O=C(NCc1ccccc1)c1ccc(NC2CCCC2)cn1. The molecule has 0 bridgehead atoms. The van der Waals surface area contributed by atoms with E-state index in [-0.39, 0.29) is 5.91 Å². The molecule has 2 aromatic rings. The smallest absolute Gasteiger partial charge is 0.270 e. The first kappa shape index (κ1) is 14.6. The fraction of sp³-hybridized carbons (Fsp3) is 0.333. The summed E-state index contributed by atoms with van der Waals surface area (Å²) in [6.45, 7) is 0.517. The Morgan fingerprint density at radius 3 is 2.55 bits per heavy atom. The lowest BCUT2D eigenvalue weighted by Gasteiger charge is -2.13. The molecule has 0 unspecified atom stereocenters.